The highest BCUT2D eigenvalue weighted by Crippen LogP contribution is 2.27. The molecule has 0 saturated carbocycles. The second-order valence-electron chi connectivity index (χ2n) is 6.11. The maximum atomic E-state index is 13.7. The van der Waals surface area contributed by atoms with Crippen molar-refractivity contribution in [2.75, 3.05) is 5.32 Å². The Hall–Kier alpha value is -3.69. The number of aryl methyl sites for hydroxylation is 1. The molecule has 148 valence electrons. The predicted octanol–water partition coefficient (Wildman–Crippen LogP) is 4.88. The first-order valence-corrected chi connectivity index (χ1v) is 8.38. The van der Waals surface area contributed by atoms with Crippen molar-refractivity contribution in [3.63, 3.8) is 0 Å². The summed E-state index contributed by atoms with van der Waals surface area (Å²) in [6.45, 7) is 1.78. The largest absolute Gasteiger partial charge is 0.573 e. The molecule has 10 heteroatoms. The van der Waals surface area contributed by atoms with E-state index in [2.05, 4.69) is 25.0 Å². The summed E-state index contributed by atoms with van der Waals surface area (Å²) in [4.78, 5) is 13.0. The topological polar surface area (TPSA) is 64.3 Å². The summed E-state index contributed by atoms with van der Waals surface area (Å²) in [5.74, 6) is -0.386. The highest BCUT2D eigenvalue weighted by atomic mass is 19.4. The van der Waals surface area contributed by atoms with Crippen LogP contribution in [0.15, 0.2) is 55.0 Å². The molecule has 1 aromatic carbocycles. The maximum absolute atomic E-state index is 13.7. The number of pyridine rings is 1. The van der Waals surface area contributed by atoms with Gasteiger partial charge in [-0.3, -0.25) is 9.38 Å². The Labute approximate surface area is 161 Å². The van der Waals surface area contributed by atoms with E-state index in [0.717, 1.165) is 0 Å². The molecular formula is C19H13F4N5O. The van der Waals surface area contributed by atoms with Gasteiger partial charge in [0.15, 0.2) is 0 Å². The van der Waals surface area contributed by atoms with Crippen molar-refractivity contribution < 1.29 is 22.3 Å². The highest BCUT2D eigenvalue weighted by Gasteiger charge is 2.30. The molecule has 0 atom stereocenters. The summed E-state index contributed by atoms with van der Waals surface area (Å²) in [6, 6.07) is 8.09. The molecule has 6 nitrogen and oxygen atoms in total. The third-order valence-electron chi connectivity index (χ3n) is 3.99. The molecular weight excluding hydrogens is 390 g/mol. The van der Waals surface area contributed by atoms with E-state index >= 15 is 0 Å². The van der Waals surface area contributed by atoms with E-state index in [1.807, 2.05) is 0 Å². The molecule has 29 heavy (non-hydrogen) atoms. The van der Waals surface area contributed by atoms with Crippen LogP contribution in [0.25, 0.3) is 17.0 Å². The lowest BCUT2D eigenvalue weighted by molar-refractivity contribution is -0.274. The minimum absolute atomic E-state index is 0.328. The number of aromatic nitrogens is 4. The van der Waals surface area contributed by atoms with E-state index in [-0.39, 0.29) is 5.75 Å². The average molecular weight is 403 g/mol. The first kappa shape index (κ1) is 18.7. The van der Waals surface area contributed by atoms with Crippen LogP contribution in [0.4, 0.5) is 29.1 Å². The Morgan fingerprint density at radius 2 is 1.76 bits per heavy atom. The number of nitrogens with zero attached hydrogens (tertiary/aromatic N) is 4. The van der Waals surface area contributed by atoms with E-state index in [0.29, 0.717) is 34.2 Å². The van der Waals surface area contributed by atoms with Gasteiger partial charge in [0.1, 0.15) is 28.7 Å². The predicted molar refractivity (Wildman–Crippen MR) is 97.3 cm³/mol. The molecule has 0 aliphatic carbocycles. The van der Waals surface area contributed by atoms with Crippen LogP contribution in [-0.4, -0.2) is 25.7 Å². The fourth-order valence-corrected chi connectivity index (χ4v) is 2.87. The Balaban J connectivity index is 1.62. The molecule has 0 radical (unpaired) electrons. The lowest BCUT2D eigenvalue weighted by Crippen LogP contribution is -2.16. The van der Waals surface area contributed by atoms with Crippen molar-refractivity contribution in [1.29, 1.82) is 0 Å². The molecule has 0 fully saturated rings. The van der Waals surface area contributed by atoms with Crippen LogP contribution >= 0.6 is 0 Å². The van der Waals surface area contributed by atoms with Crippen LogP contribution in [0.3, 0.4) is 0 Å². The number of anilines is 2. The van der Waals surface area contributed by atoms with Crippen LogP contribution in [0.2, 0.25) is 0 Å². The number of hydrogen-bond acceptors (Lipinski definition) is 5. The lowest BCUT2D eigenvalue weighted by atomic mass is 10.2. The van der Waals surface area contributed by atoms with Gasteiger partial charge in [-0.05, 0) is 43.3 Å². The van der Waals surface area contributed by atoms with Gasteiger partial charge in [-0.15, -0.1) is 13.2 Å². The molecule has 0 aliphatic rings. The number of ether oxygens (including phenoxy) is 1. The van der Waals surface area contributed by atoms with E-state index < -0.39 is 12.2 Å². The highest BCUT2D eigenvalue weighted by molar-refractivity contribution is 5.66. The summed E-state index contributed by atoms with van der Waals surface area (Å²) < 4.78 is 55.8. The number of benzene rings is 1. The second-order valence-corrected chi connectivity index (χ2v) is 6.11. The Kier molecular flexibility index (Phi) is 4.53. The number of hydrogen-bond donors (Lipinski definition) is 1. The third-order valence-corrected chi connectivity index (χ3v) is 3.99. The minimum atomic E-state index is -4.75. The fourth-order valence-electron chi connectivity index (χ4n) is 2.87. The molecule has 0 unspecified atom stereocenters. The normalized spacial score (nSPS) is 11.6. The van der Waals surface area contributed by atoms with Crippen LogP contribution in [-0.2, 0) is 0 Å². The van der Waals surface area contributed by atoms with Crippen molar-refractivity contribution in [2.45, 2.75) is 13.3 Å². The van der Waals surface area contributed by atoms with Gasteiger partial charge in [-0.2, -0.15) is 0 Å². The molecule has 3 heterocycles. The van der Waals surface area contributed by atoms with Crippen LogP contribution in [0.5, 0.6) is 5.75 Å². The first-order valence-electron chi connectivity index (χ1n) is 8.38. The minimum Gasteiger partial charge on any atom is -0.406 e. The molecule has 4 aromatic rings. The van der Waals surface area contributed by atoms with Gasteiger partial charge < -0.3 is 10.1 Å². The van der Waals surface area contributed by atoms with E-state index in [1.165, 1.54) is 48.9 Å². The van der Waals surface area contributed by atoms with E-state index in [9.17, 15) is 17.6 Å². The molecule has 0 amide bonds. The number of fused-ring (bicyclic) bond motifs is 1. The van der Waals surface area contributed by atoms with Crippen molar-refractivity contribution in [3.8, 4) is 17.1 Å². The Morgan fingerprint density at radius 1 is 1.00 bits per heavy atom. The van der Waals surface area contributed by atoms with Gasteiger partial charge in [0.2, 0.25) is 0 Å². The zero-order chi connectivity index (χ0) is 20.6. The second kappa shape index (κ2) is 7.04. The quantitative estimate of drug-likeness (QED) is 0.492. The number of alkyl halides is 3. The maximum Gasteiger partial charge on any atom is 0.573 e. The van der Waals surface area contributed by atoms with Crippen molar-refractivity contribution in [3.05, 3.63) is 66.5 Å². The molecule has 0 bridgehead atoms. The molecule has 0 spiro atoms. The van der Waals surface area contributed by atoms with Crippen molar-refractivity contribution >= 4 is 17.2 Å². The standard InChI is InChI=1S/C19H13F4N5O/c1-11-18(28-10-12(20)2-7-17(28)25-11)15-8-24-9-16(27-15)26-13-3-5-14(6-4-13)29-19(21,22)23/h2-10H,1H3,(H,26,27). The summed E-state index contributed by atoms with van der Waals surface area (Å²) in [6.07, 6.45) is -0.457. The summed E-state index contributed by atoms with van der Waals surface area (Å²) in [5, 5.41) is 2.96. The van der Waals surface area contributed by atoms with Gasteiger partial charge >= 0.3 is 6.36 Å². The van der Waals surface area contributed by atoms with Crippen molar-refractivity contribution in [1.82, 2.24) is 19.4 Å². The summed E-state index contributed by atoms with van der Waals surface area (Å²) in [7, 11) is 0. The number of imidazole rings is 1. The van der Waals surface area contributed by atoms with Crippen LogP contribution < -0.4 is 10.1 Å². The molecule has 4 rings (SSSR count). The Bertz CT molecular complexity index is 1170. The molecule has 0 aliphatic heterocycles. The van der Waals surface area contributed by atoms with E-state index in [1.54, 1.807) is 17.4 Å². The average Bonchev–Trinajstić information content (AvgIpc) is 2.97. The van der Waals surface area contributed by atoms with E-state index in [4.69, 9.17) is 0 Å². The number of rotatable bonds is 4. The van der Waals surface area contributed by atoms with Crippen LogP contribution in [0, 0.1) is 12.7 Å². The third kappa shape index (κ3) is 4.10. The van der Waals surface area contributed by atoms with Gasteiger partial charge in [-0.25, -0.2) is 14.4 Å². The number of nitrogens with one attached hydrogen (secondary N) is 1. The lowest BCUT2D eigenvalue weighted by Gasteiger charge is -2.10. The summed E-state index contributed by atoms with van der Waals surface area (Å²) >= 11 is 0. The first-order chi connectivity index (χ1) is 13.8. The zero-order valence-electron chi connectivity index (χ0n) is 14.9. The van der Waals surface area contributed by atoms with Gasteiger partial charge in [0, 0.05) is 11.9 Å². The zero-order valence-corrected chi connectivity index (χ0v) is 14.9. The molecule has 1 N–H and O–H groups in total. The number of halogens is 4. The van der Waals surface area contributed by atoms with Crippen molar-refractivity contribution in [2.24, 2.45) is 0 Å². The molecule has 0 saturated heterocycles. The Morgan fingerprint density at radius 3 is 2.48 bits per heavy atom. The SMILES string of the molecule is Cc1nc2ccc(F)cn2c1-c1cncc(Nc2ccc(OC(F)(F)F)cc2)n1. The summed E-state index contributed by atoms with van der Waals surface area (Å²) in [5.41, 5.74) is 2.76. The van der Waals surface area contributed by atoms with Gasteiger partial charge in [0.05, 0.1) is 23.8 Å². The van der Waals surface area contributed by atoms with Gasteiger partial charge in [-0.1, -0.05) is 0 Å². The van der Waals surface area contributed by atoms with Crippen LogP contribution in [0.1, 0.15) is 5.69 Å². The molecule has 3 aromatic heterocycles. The van der Waals surface area contributed by atoms with Gasteiger partial charge in [0.25, 0.3) is 0 Å². The fraction of sp³-hybridized carbons (Fsp3) is 0.105. The monoisotopic (exact) mass is 403 g/mol. The smallest absolute Gasteiger partial charge is 0.406 e.